The van der Waals surface area contributed by atoms with E-state index in [-0.39, 0.29) is 46.6 Å². The second-order valence-corrected chi connectivity index (χ2v) is 4.42. The fourth-order valence-electron chi connectivity index (χ4n) is 1.14. The predicted molar refractivity (Wildman–Crippen MR) is 54.2 cm³/mol. The second-order valence-electron chi connectivity index (χ2n) is 2.99. The van der Waals surface area contributed by atoms with Crippen molar-refractivity contribution in [1.82, 2.24) is 0 Å². The van der Waals surface area contributed by atoms with Gasteiger partial charge in [0.05, 0.1) is 14.2 Å². The summed E-state index contributed by atoms with van der Waals surface area (Å²) in [6.07, 6.45) is 0. The Morgan fingerprint density at radius 1 is 1.18 bits per heavy atom. The minimum absolute atomic E-state index is 0. The summed E-state index contributed by atoms with van der Waals surface area (Å²) in [5, 5.41) is 9.29. The van der Waals surface area contributed by atoms with E-state index in [0.29, 0.717) is 0 Å². The predicted octanol–water partition coefficient (Wildman–Crippen LogP) is -2.76. The van der Waals surface area contributed by atoms with Crippen LogP contribution in [-0.2, 0) is 10.1 Å². The van der Waals surface area contributed by atoms with Crippen molar-refractivity contribution in [2.24, 2.45) is 0 Å². The minimum atomic E-state index is -4.81. The van der Waals surface area contributed by atoms with E-state index < -0.39 is 15.6 Å². The molecule has 0 heterocycles. The van der Waals surface area contributed by atoms with Gasteiger partial charge in [-0.15, -0.1) is 0 Å². The maximum Gasteiger partial charge on any atom is 1.00 e. The van der Waals surface area contributed by atoms with Crippen molar-refractivity contribution in [2.45, 2.75) is 5.44 Å². The normalized spacial score (nSPS) is 12.5. The molecule has 0 bridgehead atoms. The molecule has 0 fully saturated rings. The molecule has 17 heavy (non-hydrogen) atoms. The molecule has 0 saturated carbocycles. The van der Waals surface area contributed by atoms with Crippen LogP contribution in [0.15, 0.2) is 18.2 Å². The van der Waals surface area contributed by atoms with Gasteiger partial charge in [0.1, 0.15) is 21.6 Å². The standard InChI is InChI=1S/C9H12O6S.Na/c1-14-7-3-6(4-8(5-7)15-2)9(10)16(11,12)13;/h3-5,9-10H,1-2H3,(H,11,12,13);/q;+1/p-1. The summed E-state index contributed by atoms with van der Waals surface area (Å²) in [7, 11) is -2.07. The van der Waals surface area contributed by atoms with Crippen LogP contribution in [0.3, 0.4) is 0 Å². The molecule has 8 heteroatoms. The van der Waals surface area contributed by atoms with Crippen LogP contribution in [0, 0.1) is 0 Å². The van der Waals surface area contributed by atoms with Crippen molar-refractivity contribution in [3.63, 3.8) is 0 Å². The molecular weight excluding hydrogens is 259 g/mol. The van der Waals surface area contributed by atoms with E-state index in [1.54, 1.807) is 0 Å². The molecule has 0 aliphatic heterocycles. The van der Waals surface area contributed by atoms with Gasteiger partial charge in [0.25, 0.3) is 0 Å². The average molecular weight is 270 g/mol. The quantitative estimate of drug-likeness (QED) is 0.470. The summed E-state index contributed by atoms with van der Waals surface area (Å²) >= 11 is 0. The van der Waals surface area contributed by atoms with Crippen molar-refractivity contribution >= 4 is 10.1 Å². The molecule has 0 spiro atoms. The molecule has 1 N–H and O–H groups in total. The Labute approximate surface area is 122 Å². The number of hydrogen-bond donors (Lipinski definition) is 1. The maximum atomic E-state index is 10.6. The summed E-state index contributed by atoms with van der Waals surface area (Å²) in [6, 6.07) is 4.00. The van der Waals surface area contributed by atoms with Gasteiger partial charge in [0, 0.05) is 11.6 Å². The zero-order valence-corrected chi connectivity index (χ0v) is 12.5. The number of benzene rings is 1. The Balaban J connectivity index is 0.00000256. The van der Waals surface area contributed by atoms with Gasteiger partial charge >= 0.3 is 29.6 Å². The van der Waals surface area contributed by atoms with Crippen LogP contribution in [0.1, 0.15) is 11.0 Å². The molecule has 0 aliphatic rings. The van der Waals surface area contributed by atoms with Crippen LogP contribution >= 0.6 is 0 Å². The van der Waals surface area contributed by atoms with Crippen molar-refractivity contribution < 1.29 is 57.1 Å². The molecule has 0 radical (unpaired) electrons. The van der Waals surface area contributed by atoms with E-state index in [1.165, 1.54) is 32.4 Å². The first-order valence-corrected chi connectivity index (χ1v) is 5.71. The Kier molecular flexibility index (Phi) is 6.46. The number of aliphatic hydroxyl groups excluding tert-OH is 1. The van der Waals surface area contributed by atoms with Gasteiger partial charge in [-0.25, -0.2) is 8.42 Å². The zero-order valence-electron chi connectivity index (χ0n) is 9.71. The molecule has 0 aliphatic carbocycles. The first kappa shape index (κ1) is 16.7. The Morgan fingerprint density at radius 3 is 1.88 bits per heavy atom. The van der Waals surface area contributed by atoms with E-state index in [9.17, 15) is 18.1 Å². The van der Waals surface area contributed by atoms with Gasteiger partial charge < -0.3 is 19.1 Å². The monoisotopic (exact) mass is 270 g/mol. The SMILES string of the molecule is COc1cc(OC)cc(C(O)S(=O)(=O)[O-])c1.[Na+]. The van der Waals surface area contributed by atoms with Gasteiger partial charge in [-0.05, 0) is 12.1 Å². The Bertz CT molecular complexity index is 450. The summed E-state index contributed by atoms with van der Waals surface area (Å²) in [5.74, 6) is 0.578. The third-order valence-electron chi connectivity index (χ3n) is 1.93. The van der Waals surface area contributed by atoms with E-state index in [4.69, 9.17) is 9.47 Å². The third kappa shape index (κ3) is 4.46. The number of aliphatic hydroxyl groups is 1. The van der Waals surface area contributed by atoms with Crippen LogP contribution in [0.2, 0.25) is 0 Å². The van der Waals surface area contributed by atoms with Crippen LogP contribution in [-0.4, -0.2) is 32.3 Å². The Hall–Kier alpha value is -0.310. The van der Waals surface area contributed by atoms with Gasteiger partial charge in [-0.1, -0.05) is 0 Å². The maximum absolute atomic E-state index is 10.6. The fourth-order valence-corrected chi connectivity index (χ4v) is 1.61. The molecule has 0 amide bonds. The number of rotatable bonds is 4. The summed E-state index contributed by atoms with van der Waals surface area (Å²) < 4.78 is 41.7. The average Bonchev–Trinajstić information content (AvgIpc) is 2.26. The first-order valence-electron chi connectivity index (χ1n) is 4.24. The summed E-state index contributed by atoms with van der Waals surface area (Å²) in [5.41, 5.74) is -2.22. The van der Waals surface area contributed by atoms with Gasteiger partial charge in [-0.2, -0.15) is 0 Å². The topological polar surface area (TPSA) is 95.9 Å². The van der Waals surface area contributed by atoms with Crippen molar-refractivity contribution in [3.8, 4) is 11.5 Å². The van der Waals surface area contributed by atoms with E-state index in [1.807, 2.05) is 0 Å². The molecule has 1 aromatic rings. The zero-order chi connectivity index (χ0) is 12.3. The van der Waals surface area contributed by atoms with E-state index in [0.717, 1.165) is 0 Å². The smallest absolute Gasteiger partial charge is 0.746 e. The number of hydrogen-bond acceptors (Lipinski definition) is 6. The van der Waals surface area contributed by atoms with Gasteiger partial charge in [-0.3, -0.25) is 0 Å². The molecule has 1 atom stereocenters. The summed E-state index contributed by atoms with van der Waals surface area (Å²) in [6.45, 7) is 0. The summed E-state index contributed by atoms with van der Waals surface area (Å²) in [4.78, 5) is 0. The molecule has 1 aromatic carbocycles. The van der Waals surface area contributed by atoms with Crippen molar-refractivity contribution in [1.29, 1.82) is 0 Å². The fraction of sp³-hybridized carbons (Fsp3) is 0.333. The largest absolute Gasteiger partial charge is 1.00 e. The molecule has 0 aromatic heterocycles. The van der Waals surface area contributed by atoms with Crippen LogP contribution < -0.4 is 39.0 Å². The van der Waals surface area contributed by atoms with Crippen molar-refractivity contribution in [2.75, 3.05) is 14.2 Å². The van der Waals surface area contributed by atoms with E-state index >= 15 is 0 Å². The van der Waals surface area contributed by atoms with Gasteiger partial charge in [0.2, 0.25) is 0 Å². The molecule has 1 rings (SSSR count). The molecule has 6 nitrogen and oxygen atoms in total. The van der Waals surface area contributed by atoms with Gasteiger partial charge in [0.15, 0.2) is 5.44 Å². The number of ether oxygens (including phenoxy) is 2. The Morgan fingerprint density at radius 2 is 1.59 bits per heavy atom. The van der Waals surface area contributed by atoms with Crippen LogP contribution in [0.4, 0.5) is 0 Å². The number of methoxy groups -OCH3 is 2. The molecule has 90 valence electrons. The van der Waals surface area contributed by atoms with Crippen LogP contribution in [0.5, 0.6) is 11.5 Å². The molecule has 1 unspecified atom stereocenters. The second kappa shape index (κ2) is 6.58. The van der Waals surface area contributed by atoms with Crippen LogP contribution in [0.25, 0.3) is 0 Å². The molecule has 0 saturated heterocycles. The van der Waals surface area contributed by atoms with Crippen molar-refractivity contribution in [3.05, 3.63) is 23.8 Å². The third-order valence-corrected chi connectivity index (χ3v) is 2.75. The first-order chi connectivity index (χ1) is 7.38. The minimum Gasteiger partial charge on any atom is -0.746 e. The molecular formula is C9H11NaO6S. The van der Waals surface area contributed by atoms with E-state index in [2.05, 4.69) is 0 Å².